The van der Waals surface area contributed by atoms with Crippen molar-refractivity contribution in [2.75, 3.05) is 6.54 Å². The third-order valence-electron chi connectivity index (χ3n) is 4.64. The fraction of sp³-hybridized carbons (Fsp3) is 0.625. The molecule has 24 heavy (non-hydrogen) atoms. The van der Waals surface area contributed by atoms with Crippen LogP contribution in [0.3, 0.4) is 0 Å². The molecule has 2 fully saturated rings. The minimum atomic E-state index is -0.140. The molecule has 128 valence electrons. The van der Waals surface area contributed by atoms with Crippen molar-refractivity contribution in [3.63, 3.8) is 0 Å². The number of hydrogen-bond donors (Lipinski definition) is 2. The van der Waals surface area contributed by atoms with E-state index in [1.165, 1.54) is 12.8 Å². The first kappa shape index (κ1) is 15.3. The maximum absolute atomic E-state index is 12.3. The van der Waals surface area contributed by atoms with Crippen LogP contribution in [0.1, 0.15) is 65.5 Å². The molecule has 4 rings (SSSR count). The predicted molar refractivity (Wildman–Crippen MR) is 85.5 cm³/mol. The number of aromatic nitrogens is 5. The number of ether oxygens (including phenoxy) is 1. The third-order valence-corrected chi connectivity index (χ3v) is 4.64. The Balaban J connectivity index is 1.30. The third kappa shape index (κ3) is 3.06. The highest BCUT2D eigenvalue weighted by molar-refractivity contribution is 5.92. The van der Waals surface area contributed by atoms with Crippen molar-refractivity contribution in [3.8, 4) is 0 Å². The van der Waals surface area contributed by atoms with Crippen molar-refractivity contribution >= 4 is 5.91 Å². The monoisotopic (exact) mass is 330 g/mol. The van der Waals surface area contributed by atoms with E-state index in [0.717, 1.165) is 24.4 Å². The number of carbonyl (C=O) groups excluding carboxylic acids is 1. The Morgan fingerprint density at radius 2 is 2.25 bits per heavy atom. The molecule has 0 bridgehead atoms. The number of hydrogen-bond acceptors (Lipinski definition) is 5. The molecule has 2 N–H and O–H groups in total. The van der Waals surface area contributed by atoms with Crippen molar-refractivity contribution < 1.29 is 9.53 Å². The van der Waals surface area contributed by atoms with E-state index in [4.69, 9.17) is 4.74 Å². The maximum Gasteiger partial charge on any atom is 0.271 e. The fourth-order valence-corrected chi connectivity index (χ4v) is 3.20. The molecule has 3 heterocycles. The highest BCUT2D eigenvalue weighted by atomic mass is 16.5. The Labute approximate surface area is 140 Å². The lowest BCUT2D eigenvalue weighted by Gasteiger charge is -2.12. The Morgan fingerprint density at radius 1 is 1.42 bits per heavy atom. The molecule has 8 nitrogen and oxygen atoms in total. The summed E-state index contributed by atoms with van der Waals surface area (Å²) in [6, 6.07) is 1.90. The van der Waals surface area contributed by atoms with Gasteiger partial charge < -0.3 is 10.1 Å². The van der Waals surface area contributed by atoms with Gasteiger partial charge in [0.2, 0.25) is 0 Å². The summed E-state index contributed by atoms with van der Waals surface area (Å²) in [5, 5.41) is 14.2. The molecule has 0 unspecified atom stereocenters. The largest absolute Gasteiger partial charge is 0.365 e. The number of aryl methyl sites for hydroxylation is 2. The topological polar surface area (TPSA) is 97.7 Å². The molecule has 0 radical (unpaired) electrons. The number of rotatable bonds is 5. The summed E-state index contributed by atoms with van der Waals surface area (Å²) < 4.78 is 7.76. The van der Waals surface area contributed by atoms with E-state index in [2.05, 4.69) is 25.6 Å². The van der Waals surface area contributed by atoms with Gasteiger partial charge in [-0.05, 0) is 38.7 Å². The van der Waals surface area contributed by atoms with Gasteiger partial charge in [0.25, 0.3) is 5.91 Å². The molecule has 2 aromatic heterocycles. The van der Waals surface area contributed by atoms with E-state index in [1.807, 2.05) is 24.7 Å². The van der Waals surface area contributed by atoms with Gasteiger partial charge in [0.05, 0.1) is 6.10 Å². The van der Waals surface area contributed by atoms with Crippen LogP contribution in [0.5, 0.6) is 0 Å². The molecule has 2 aliphatic rings. The van der Waals surface area contributed by atoms with Crippen LogP contribution in [0.25, 0.3) is 0 Å². The first-order valence-corrected chi connectivity index (χ1v) is 8.46. The van der Waals surface area contributed by atoms with Crippen molar-refractivity contribution in [1.29, 1.82) is 0 Å². The van der Waals surface area contributed by atoms with Crippen LogP contribution in [0.15, 0.2) is 6.07 Å². The lowest BCUT2D eigenvalue weighted by atomic mass is 10.2. The van der Waals surface area contributed by atoms with Gasteiger partial charge in [-0.25, -0.2) is 4.98 Å². The van der Waals surface area contributed by atoms with Gasteiger partial charge in [-0.2, -0.15) is 10.2 Å². The van der Waals surface area contributed by atoms with E-state index in [1.54, 1.807) is 0 Å². The van der Waals surface area contributed by atoms with Gasteiger partial charge >= 0.3 is 0 Å². The second-order valence-electron chi connectivity index (χ2n) is 6.67. The van der Waals surface area contributed by atoms with Crippen molar-refractivity contribution in [3.05, 3.63) is 29.1 Å². The molecule has 1 amide bonds. The predicted octanol–water partition coefficient (Wildman–Crippen LogP) is 1.37. The molecule has 2 atom stereocenters. The van der Waals surface area contributed by atoms with E-state index >= 15 is 0 Å². The normalized spacial score (nSPS) is 23.6. The van der Waals surface area contributed by atoms with Crippen LogP contribution >= 0.6 is 0 Å². The van der Waals surface area contributed by atoms with E-state index in [-0.39, 0.29) is 18.1 Å². The molecule has 8 heteroatoms. The summed E-state index contributed by atoms with van der Waals surface area (Å²) >= 11 is 0. The number of aromatic amines is 1. The molecule has 2 aromatic rings. The van der Waals surface area contributed by atoms with Crippen molar-refractivity contribution in [2.24, 2.45) is 7.05 Å². The highest BCUT2D eigenvalue weighted by Gasteiger charge is 2.30. The van der Waals surface area contributed by atoms with Gasteiger partial charge in [0.1, 0.15) is 17.6 Å². The first-order valence-electron chi connectivity index (χ1n) is 8.46. The molecular weight excluding hydrogens is 308 g/mol. The van der Waals surface area contributed by atoms with Gasteiger partial charge in [-0.3, -0.25) is 14.6 Å². The molecule has 0 spiro atoms. The summed E-state index contributed by atoms with van der Waals surface area (Å²) in [6.45, 7) is 2.35. The summed E-state index contributed by atoms with van der Waals surface area (Å²) in [5.41, 5.74) is 1.64. The lowest BCUT2D eigenvalue weighted by molar-refractivity contribution is 0.0391. The van der Waals surface area contributed by atoms with Crippen LogP contribution in [0.4, 0.5) is 0 Å². The molecule has 1 saturated heterocycles. The second kappa shape index (κ2) is 6.01. The number of carbonyl (C=O) groups is 1. The minimum Gasteiger partial charge on any atom is -0.365 e. The molecule has 0 aromatic carbocycles. The quantitative estimate of drug-likeness (QED) is 0.863. The number of nitrogens with one attached hydrogen (secondary N) is 2. The Morgan fingerprint density at radius 3 is 2.96 bits per heavy atom. The average Bonchev–Trinajstić information content (AvgIpc) is 2.97. The number of amides is 1. The summed E-state index contributed by atoms with van der Waals surface area (Å²) in [4.78, 5) is 16.6. The van der Waals surface area contributed by atoms with Crippen LogP contribution in [0, 0.1) is 6.92 Å². The van der Waals surface area contributed by atoms with Gasteiger partial charge in [0.15, 0.2) is 5.82 Å². The maximum atomic E-state index is 12.3. The Hall–Kier alpha value is -2.22. The van der Waals surface area contributed by atoms with Crippen LogP contribution in [0.2, 0.25) is 0 Å². The lowest BCUT2D eigenvalue weighted by Crippen LogP contribution is -2.32. The number of nitrogens with zero attached hydrogens (tertiary/aromatic N) is 4. The minimum absolute atomic E-state index is 0.00984. The zero-order chi connectivity index (χ0) is 16.7. The van der Waals surface area contributed by atoms with Gasteiger partial charge in [-0.15, -0.1) is 0 Å². The zero-order valence-electron chi connectivity index (χ0n) is 14.0. The van der Waals surface area contributed by atoms with E-state index < -0.39 is 0 Å². The zero-order valence-corrected chi connectivity index (χ0v) is 14.0. The summed E-state index contributed by atoms with van der Waals surface area (Å²) in [5.74, 6) is 1.91. The van der Waals surface area contributed by atoms with Gasteiger partial charge in [-0.1, -0.05) is 0 Å². The Bertz CT molecular complexity index is 748. The molecule has 1 aliphatic heterocycles. The highest BCUT2D eigenvalue weighted by Crippen LogP contribution is 2.39. The molecular formula is C16H22N6O2. The van der Waals surface area contributed by atoms with Crippen molar-refractivity contribution in [1.82, 2.24) is 30.3 Å². The average molecular weight is 330 g/mol. The standard InChI is InChI=1S/C16H22N6O2/c1-9-18-15(20-19-9)14-6-5-11(24-14)8-17-16(23)12-7-13(10-3-4-10)22(2)21-12/h7,10-11,14H,3-6,8H2,1-2H3,(H,17,23)(H,18,19,20)/t11-,14+/m1/s1. The summed E-state index contributed by atoms with van der Waals surface area (Å²) in [7, 11) is 1.90. The number of H-pyrrole nitrogens is 1. The first-order chi connectivity index (χ1) is 11.6. The van der Waals surface area contributed by atoms with Crippen LogP contribution in [-0.2, 0) is 11.8 Å². The van der Waals surface area contributed by atoms with E-state index in [0.29, 0.717) is 24.0 Å². The smallest absolute Gasteiger partial charge is 0.271 e. The Kier molecular flexibility index (Phi) is 3.84. The van der Waals surface area contributed by atoms with E-state index in [9.17, 15) is 4.79 Å². The summed E-state index contributed by atoms with van der Waals surface area (Å²) in [6.07, 6.45) is 4.04. The van der Waals surface area contributed by atoms with Crippen molar-refractivity contribution in [2.45, 2.75) is 50.7 Å². The fourth-order valence-electron chi connectivity index (χ4n) is 3.20. The van der Waals surface area contributed by atoms with Crippen LogP contribution < -0.4 is 5.32 Å². The van der Waals surface area contributed by atoms with Gasteiger partial charge in [0, 0.05) is 25.2 Å². The molecule has 1 saturated carbocycles. The van der Waals surface area contributed by atoms with Crippen LogP contribution in [-0.4, -0.2) is 43.5 Å². The SMILES string of the molecule is Cc1nc([C@@H]2CC[C@H](CNC(=O)c3cc(C4CC4)n(C)n3)O2)n[nH]1. The second-order valence-corrected chi connectivity index (χ2v) is 6.67. The molecule has 1 aliphatic carbocycles.